The summed E-state index contributed by atoms with van der Waals surface area (Å²) < 4.78 is 40.7. The van der Waals surface area contributed by atoms with Crippen LogP contribution in [0.15, 0.2) is 41.3 Å². The molecule has 0 fully saturated rings. The maximum Gasteiger partial charge on any atom is 0.264 e. The number of rotatable bonds is 3. The van der Waals surface area contributed by atoms with Gasteiger partial charge in [-0.1, -0.05) is 6.07 Å². The van der Waals surface area contributed by atoms with Crippen LogP contribution in [0.2, 0.25) is 0 Å². The van der Waals surface area contributed by atoms with Crippen LogP contribution >= 0.6 is 0 Å². The van der Waals surface area contributed by atoms with Gasteiger partial charge in [-0.25, -0.2) is 12.8 Å². The SMILES string of the molecule is Cc1cc(N)cc(S(=O)(=O)Nc2cccc(C#N)c2)c1F. The lowest BCUT2D eigenvalue weighted by atomic mass is 10.2. The molecule has 0 saturated heterocycles. The average Bonchev–Trinajstić information content (AvgIpc) is 2.42. The van der Waals surface area contributed by atoms with Gasteiger partial charge in [-0.2, -0.15) is 5.26 Å². The van der Waals surface area contributed by atoms with Gasteiger partial charge in [0.05, 0.1) is 17.3 Å². The molecule has 0 atom stereocenters. The van der Waals surface area contributed by atoms with E-state index in [0.717, 1.165) is 6.07 Å². The van der Waals surface area contributed by atoms with Crippen LogP contribution in [0, 0.1) is 24.1 Å². The highest BCUT2D eigenvalue weighted by molar-refractivity contribution is 7.92. The number of nitrogens with two attached hydrogens (primary N) is 1. The predicted molar refractivity (Wildman–Crippen MR) is 77.5 cm³/mol. The topological polar surface area (TPSA) is 96.0 Å². The Morgan fingerprint density at radius 2 is 2.00 bits per heavy atom. The van der Waals surface area contributed by atoms with E-state index in [1.54, 1.807) is 0 Å². The Kier molecular flexibility index (Phi) is 3.82. The number of aryl methyl sites for hydroxylation is 1. The summed E-state index contributed by atoms with van der Waals surface area (Å²) in [7, 11) is -4.13. The van der Waals surface area contributed by atoms with E-state index in [2.05, 4.69) is 4.72 Å². The summed E-state index contributed by atoms with van der Waals surface area (Å²) in [5.74, 6) is -0.854. The summed E-state index contributed by atoms with van der Waals surface area (Å²) in [4.78, 5) is -0.526. The van der Waals surface area contributed by atoms with Gasteiger partial charge < -0.3 is 5.73 Å². The van der Waals surface area contributed by atoms with Crippen molar-refractivity contribution in [1.29, 1.82) is 5.26 Å². The fraction of sp³-hybridized carbons (Fsp3) is 0.0714. The number of anilines is 2. The number of hydrogen-bond donors (Lipinski definition) is 2. The summed E-state index contributed by atoms with van der Waals surface area (Å²) in [5.41, 5.74) is 6.32. The van der Waals surface area contributed by atoms with Crippen LogP contribution in [0.1, 0.15) is 11.1 Å². The number of sulfonamides is 1. The van der Waals surface area contributed by atoms with Crippen LogP contribution in [0.5, 0.6) is 0 Å². The van der Waals surface area contributed by atoms with Crippen LogP contribution in [0.4, 0.5) is 15.8 Å². The third-order valence-corrected chi connectivity index (χ3v) is 4.16. The van der Waals surface area contributed by atoms with Crippen LogP contribution in [0.3, 0.4) is 0 Å². The third kappa shape index (κ3) is 3.12. The molecule has 0 saturated carbocycles. The van der Waals surface area contributed by atoms with Crippen molar-refractivity contribution in [1.82, 2.24) is 0 Å². The van der Waals surface area contributed by atoms with Gasteiger partial charge in [-0.05, 0) is 42.8 Å². The van der Waals surface area contributed by atoms with E-state index in [-0.39, 0.29) is 16.9 Å². The van der Waals surface area contributed by atoms with Gasteiger partial charge in [0.15, 0.2) is 0 Å². The molecular weight excluding hydrogens is 293 g/mol. The van der Waals surface area contributed by atoms with Crippen molar-refractivity contribution in [2.75, 3.05) is 10.5 Å². The molecular formula is C14H12FN3O2S. The van der Waals surface area contributed by atoms with E-state index in [1.165, 1.54) is 37.3 Å². The summed E-state index contributed by atoms with van der Waals surface area (Å²) in [6.45, 7) is 1.43. The monoisotopic (exact) mass is 305 g/mol. The predicted octanol–water partition coefficient (Wildman–Crippen LogP) is 2.39. The van der Waals surface area contributed by atoms with Gasteiger partial charge in [-0.3, -0.25) is 4.72 Å². The van der Waals surface area contributed by atoms with E-state index in [4.69, 9.17) is 11.0 Å². The van der Waals surface area contributed by atoms with Crippen LogP contribution in [-0.4, -0.2) is 8.42 Å². The van der Waals surface area contributed by atoms with E-state index >= 15 is 0 Å². The number of nitrogens with zero attached hydrogens (tertiary/aromatic N) is 1. The summed E-state index contributed by atoms with van der Waals surface area (Å²) in [5, 5.41) is 8.79. The highest BCUT2D eigenvalue weighted by atomic mass is 32.2. The number of nitriles is 1. The third-order valence-electron chi connectivity index (χ3n) is 2.78. The van der Waals surface area contributed by atoms with Gasteiger partial charge in [0, 0.05) is 5.69 Å². The molecule has 0 aliphatic heterocycles. The second-order valence-corrected chi connectivity index (χ2v) is 6.10. The molecule has 0 heterocycles. The van der Waals surface area contributed by atoms with Crippen molar-refractivity contribution in [3.8, 4) is 6.07 Å². The van der Waals surface area contributed by atoms with Gasteiger partial charge in [0.2, 0.25) is 0 Å². The van der Waals surface area contributed by atoms with Crippen molar-refractivity contribution in [3.63, 3.8) is 0 Å². The van der Waals surface area contributed by atoms with Crippen molar-refractivity contribution < 1.29 is 12.8 Å². The zero-order valence-corrected chi connectivity index (χ0v) is 11.9. The Morgan fingerprint density at radius 3 is 2.67 bits per heavy atom. The molecule has 5 nitrogen and oxygen atoms in total. The zero-order valence-electron chi connectivity index (χ0n) is 11.1. The molecule has 0 aliphatic carbocycles. The second kappa shape index (κ2) is 5.42. The van der Waals surface area contributed by atoms with Crippen molar-refractivity contribution in [2.45, 2.75) is 11.8 Å². The van der Waals surface area contributed by atoms with Gasteiger partial charge >= 0.3 is 0 Å². The first-order valence-corrected chi connectivity index (χ1v) is 7.40. The second-order valence-electron chi connectivity index (χ2n) is 4.45. The first kappa shape index (κ1) is 14.8. The first-order valence-electron chi connectivity index (χ1n) is 5.92. The highest BCUT2D eigenvalue weighted by Gasteiger charge is 2.21. The Bertz CT molecular complexity index is 842. The number of nitrogen functional groups attached to an aromatic ring is 1. The molecule has 108 valence electrons. The fourth-order valence-electron chi connectivity index (χ4n) is 1.82. The van der Waals surface area contributed by atoms with Gasteiger partial charge in [-0.15, -0.1) is 0 Å². The largest absolute Gasteiger partial charge is 0.399 e. The zero-order chi connectivity index (χ0) is 15.6. The molecule has 0 unspecified atom stereocenters. The number of nitrogens with one attached hydrogen (secondary N) is 1. The molecule has 2 rings (SSSR count). The molecule has 7 heteroatoms. The minimum Gasteiger partial charge on any atom is -0.399 e. The highest BCUT2D eigenvalue weighted by Crippen LogP contribution is 2.24. The number of benzene rings is 2. The minimum atomic E-state index is -4.13. The minimum absolute atomic E-state index is 0.140. The van der Waals surface area contributed by atoms with Crippen molar-refractivity contribution in [2.24, 2.45) is 0 Å². The van der Waals surface area contributed by atoms with Gasteiger partial charge in [0.1, 0.15) is 10.7 Å². The van der Waals surface area contributed by atoms with E-state index in [9.17, 15) is 12.8 Å². The molecule has 0 bridgehead atoms. The van der Waals surface area contributed by atoms with Gasteiger partial charge in [0.25, 0.3) is 10.0 Å². The van der Waals surface area contributed by atoms with Crippen LogP contribution < -0.4 is 10.5 Å². The van der Waals surface area contributed by atoms with Crippen LogP contribution in [0.25, 0.3) is 0 Å². The first-order chi connectivity index (χ1) is 9.83. The molecule has 21 heavy (non-hydrogen) atoms. The Hall–Kier alpha value is -2.59. The lowest BCUT2D eigenvalue weighted by Gasteiger charge is -2.11. The molecule has 2 aromatic carbocycles. The Morgan fingerprint density at radius 1 is 1.29 bits per heavy atom. The molecule has 0 aromatic heterocycles. The van der Waals surface area contributed by atoms with Crippen molar-refractivity contribution >= 4 is 21.4 Å². The van der Waals surface area contributed by atoms with Crippen LogP contribution in [-0.2, 0) is 10.0 Å². The standard InChI is InChI=1S/C14H12FN3O2S/c1-9-5-11(17)7-13(14(9)15)21(19,20)18-12-4-2-3-10(6-12)8-16/h2-7,18H,17H2,1H3. The maximum atomic E-state index is 14.0. The van der Waals surface area contributed by atoms with E-state index < -0.39 is 20.7 Å². The van der Waals surface area contributed by atoms with E-state index in [0.29, 0.717) is 5.56 Å². The number of hydrogen-bond acceptors (Lipinski definition) is 4. The Balaban J connectivity index is 2.46. The van der Waals surface area contributed by atoms with Crippen molar-refractivity contribution in [3.05, 3.63) is 53.3 Å². The fourth-order valence-corrected chi connectivity index (χ4v) is 3.06. The summed E-state index contributed by atoms with van der Waals surface area (Å²) >= 11 is 0. The Labute approximate surface area is 121 Å². The normalized spacial score (nSPS) is 10.9. The summed E-state index contributed by atoms with van der Waals surface area (Å²) in [6, 6.07) is 10.2. The molecule has 2 aromatic rings. The molecule has 0 radical (unpaired) electrons. The lowest BCUT2D eigenvalue weighted by molar-refractivity contribution is 0.565. The molecule has 0 amide bonds. The lowest BCUT2D eigenvalue weighted by Crippen LogP contribution is -2.15. The average molecular weight is 305 g/mol. The molecule has 0 aliphatic rings. The molecule has 3 N–H and O–H groups in total. The molecule has 0 spiro atoms. The number of halogens is 1. The summed E-state index contributed by atoms with van der Waals surface area (Å²) in [6.07, 6.45) is 0. The smallest absolute Gasteiger partial charge is 0.264 e. The maximum absolute atomic E-state index is 14.0. The van der Waals surface area contributed by atoms with E-state index in [1.807, 2.05) is 6.07 Å². The quantitative estimate of drug-likeness (QED) is 0.851.